The molecule has 8 nitrogen and oxygen atoms in total. The Morgan fingerprint density at radius 2 is 2.17 bits per heavy atom. The molecule has 0 aromatic carbocycles. The predicted octanol–water partition coefficient (Wildman–Crippen LogP) is 0.939. The third-order valence-electron chi connectivity index (χ3n) is 3.69. The molecule has 1 aromatic heterocycles. The normalized spacial score (nSPS) is 15.8. The molecule has 0 saturated carbocycles. The quantitative estimate of drug-likeness (QED) is 0.298. The Morgan fingerprint density at radius 3 is 2.75 bits per heavy atom. The van der Waals surface area contributed by atoms with Crippen LogP contribution in [0.25, 0.3) is 0 Å². The number of piperazine rings is 1. The van der Waals surface area contributed by atoms with Crippen LogP contribution in [0, 0.1) is 0 Å². The Balaban J connectivity index is 0.00000288. The third kappa shape index (κ3) is 6.63. The number of nitrogens with zero attached hydrogens (tertiary/aromatic N) is 4. The summed E-state index contributed by atoms with van der Waals surface area (Å²) in [5.41, 5.74) is 0.956. The summed E-state index contributed by atoms with van der Waals surface area (Å²) in [4.78, 5) is 20.2. The van der Waals surface area contributed by atoms with Crippen LogP contribution in [0.5, 0.6) is 0 Å². The van der Waals surface area contributed by atoms with Crippen LogP contribution < -0.4 is 5.32 Å². The van der Waals surface area contributed by atoms with Crippen LogP contribution in [0.2, 0.25) is 0 Å². The molecule has 0 unspecified atom stereocenters. The number of aromatic nitrogens is 1. The van der Waals surface area contributed by atoms with Gasteiger partial charge in [0.2, 0.25) is 0 Å². The summed E-state index contributed by atoms with van der Waals surface area (Å²) in [6.07, 6.45) is 1.90. The van der Waals surface area contributed by atoms with Crippen molar-refractivity contribution in [3.63, 3.8) is 0 Å². The van der Waals surface area contributed by atoms with E-state index in [9.17, 15) is 4.79 Å². The molecule has 1 aliphatic heterocycles. The molecule has 1 aromatic rings. The molecule has 1 aliphatic rings. The highest BCUT2D eigenvalue weighted by molar-refractivity contribution is 14.0. The van der Waals surface area contributed by atoms with Gasteiger partial charge in [0, 0.05) is 45.3 Å². The molecule has 0 aliphatic carbocycles. The smallest absolute Gasteiger partial charge is 0.307 e. The van der Waals surface area contributed by atoms with Gasteiger partial charge in [0.15, 0.2) is 5.96 Å². The number of halogens is 1. The van der Waals surface area contributed by atoms with Crippen molar-refractivity contribution < 1.29 is 14.1 Å². The van der Waals surface area contributed by atoms with Gasteiger partial charge >= 0.3 is 5.97 Å². The van der Waals surface area contributed by atoms with Crippen LogP contribution >= 0.6 is 24.0 Å². The number of carbonyl (C=O) groups excluding carboxylic acids is 1. The number of nitrogens with one attached hydrogen (secondary N) is 1. The monoisotopic (exact) mass is 451 g/mol. The number of rotatable bonds is 6. The summed E-state index contributed by atoms with van der Waals surface area (Å²) in [7, 11) is 1.39. The number of hydrogen-bond donors (Lipinski definition) is 1. The van der Waals surface area contributed by atoms with Gasteiger partial charge in [-0.05, 0) is 6.92 Å². The minimum atomic E-state index is -0.234. The molecule has 2 rings (SSSR count). The molecule has 136 valence electrons. The Kier molecular flexibility index (Phi) is 9.69. The summed E-state index contributed by atoms with van der Waals surface area (Å²) in [6, 6.07) is 1.89. The molecule has 0 bridgehead atoms. The van der Waals surface area contributed by atoms with Crippen LogP contribution in [-0.4, -0.2) is 73.3 Å². The summed E-state index contributed by atoms with van der Waals surface area (Å²) in [6.45, 7) is 7.74. The zero-order valence-electron chi connectivity index (χ0n) is 14.2. The van der Waals surface area contributed by atoms with Gasteiger partial charge in [0.25, 0.3) is 0 Å². The van der Waals surface area contributed by atoms with E-state index in [0.717, 1.165) is 50.9 Å². The fraction of sp³-hybridized carbons (Fsp3) is 0.667. The number of aliphatic imine (C=N–C) groups is 1. The molecule has 0 atom stereocenters. The van der Waals surface area contributed by atoms with Crippen molar-refractivity contribution >= 4 is 35.9 Å². The molecular formula is C15H26IN5O3. The number of ether oxygens (including phenoxy) is 1. The fourth-order valence-electron chi connectivity index (χ4n) is 2.45. The van der Waals surface area contributed by atoms with Crippen molar-refractivity contribution in [2.75, 3.05) is 46.4 Å². The lowest BCUT2D eigenvalue weighted by Crippen LogP contribution is -2.52. The highest BCUT2D eigenvalue weighted by Crippen LogP contribution is 2.07. The maximum absolute atomic E-state index is 11.2. The standard InChI is InChI=1S/C15H25N5O3.HI/c1-3-16-15(17-6-4-14(21)22-2)20-9-7-19(8-10-20)12-13-5-11-23-18-13;/h5,11H,3-4,6-10,12H2,1-2H3,(H,16,17);1H. The molecule has 1 saturated heterocycles. The molecule has 24 heavy (non-hydrogen) atoms. The highest BCUT2D eigenvalue weighted by Gasteiger charge is 2.20. The number of methoxy groups -OCH3 is 1. The van der Waals surface area contributed by atoms with E-state index in [-0.39, 0.29) is 29.9 Å². The van der Waals surface area contributed by atoms with Crippen LogP contribution in [0.1, 0.15) is 19.0 Å². The Hall–Kier alpha value is -1.36. The zero-order valence-corrected chi connectivity index (χ0v) is 16.6. The van der Waals surface area contributed by atoms with E-state index < -0.39 is 0 Å². The first-order valence-corrected chi connectivity index (χ1v) is 7.94. The van der Waals surface area contributed by atoms with Crippen molar-refractivity contribution in [1.29, 1.82) is 0 Å². The highest BCUT2D eigenvalue weighted by atomic mass is 127. The first-order chi connectivity index (χ1) is 11.2. The first kappa shape index (κ1) is 20.7. The van der Waals surface area contributed by atoms with E-state index in [1.165, 1.54) is 7.11 Å². The Bertz CT molecular complexity index is 501. The van der Waals surface area contributed by atoms with Gasteiger partial charge in [0.1, 0.15) is 6.26 Å². The van der Waals surface area contributed by atoms with Crippen molar-refractivity contribution in [3.8, 4) is 0 Å². The molecule has 9 heteroatoms. The lowest BCUT2D eigenvalue weighted by molar-refractivity contribution is -0.140. The second kappa shape index (κ2) is 11.2. The SMILES string of the molecule is CCNC(=NCCC(=O)OC)N1CCN(Cc2ccon2)CC1.I. The number of guanidine groups is 1. The lowest BCUT2D eigenvalue weighted by Gasteiger charge is -2.36. The van der Waals surface area contributed by atoms with Gasteiger partial charge in [-0.15, -0.1) is 24.0 Å². The van der Waals surface area contributed by atoms with Crippen molar-refractivity contribution in [2.24, 2.45) is 4.99 Å². The van der Waals surface area contributed by atoms with E-state index in [1.807, 2.05) is 13.0 Å². The topological polar surface area (TPSA) is 83.2 Å². The van der Waals surface area contributed by atoms with E-state index in [2.05, 4.69) is 30.0 Å². The molecule has 1 fully saturated rings. The van der Waals surface area contributed by atoms with Crippen LogP contribution in [0.15, 0.2) is 21.8 Å². The third-order valence-corrected chi connectivity index (χ3v) is 3.69. The minimum Gasteiger partial charge on any atom is -0.469 e. The number of carbonyl (C=O) groups is 1. The Labute approximate surface area is 159 Å². The first-order valence-electron chi connectivity index (χ1n) is 7.94. The average molecular weight is 451 g/mol. The molecule has 1 N–H and O–H groups in total. The van der Waals surface area contributed by atoms with Crippen LogP contribution in [0.3, 0.4) is 0 Å². The Morgan fingerprint density at radius 1 is 1.42 bits per heavy atom. The van der Waals surface area contributed by atoms with Gasteiger partial charge in [-0.3, -0.25) is 14.7 Å². The summed E-state index contributed by atoms with van der Waals surface area (Å²) in [5, 5.41) is 7.23. The largest absolute Gasteiger partial charge is 0.469 e. The van der Waals surface area contributed by atoms with Gasteiger partial charge in [-0.25, -0.2) is 0 Å². The van der Waals surface area contributed by atoms with Gasteiger partial charge in [-0.2, -0.15) is 0 Å². The fourth-order valence-corrected chi connectivity index (χ4v) is 2.45. The molecular weight excluding hydrogens is 425 g/mol. The van der Waals surface area contributed by atoms with Crippen molar-refractivity contribution in [1.82, 2.24) is 20.3 Å². The molecule has 0 spiro atoms. The van der Waals surface area contributed by atoms with E-state index >= 15 is 0 Å². The van der Waals surface area contributed by atoms with Crippen LogP contribution in [-0.2, 0) is 16.1 Å². The van der Waals surface area contributed by atoms with Crippen LogP contribution in [0.4, 0.5) is 0 Å². The summed E-state index contributed by atoms with van der Waals surface area (Å²) in [5.74, 6) is 0.625. The second-order valence-corrected chi connectivity index (χ2v) is 5.32. The maximum atomic E-state index is 11.2. The van der Waals surface area contributed by atoms with E-state index in [0.29, 0.717) is 13.0 Å². The summed E-state index contributed by atoms with van der Waals surface area (Å²) < 4.78 is 9.51. The van der Waals surface area contributed by atoms with Gasteiger partial charge < -0.3 is 19.5 Å². The van der Waals surface area contributed by atoms with Crippen molar-refractivity contribution in [2.45, 2.75) is 19.9 Å². The van der Waals surface area contributed by atoms with E-state index in [1.54, 1.807) is 6.26 Å². The number of hydrogen-bond acceptors (Lipinski definition) is 6. The molecule has 0 amide bonds. The van der Waals surface area contributed by atoms with E-state index in [4.69, 9.17) is 4.52 Å². The molecule has 2 heterocycles. The minimum absolute atomic E-state index is 0. The number of esters is 1. The summed E-state index contributed by atoms with van der Waals surface area (Å²) >= 11 is 0. The predicted molar refractivity (Wildman–Crippen MR) is 101 cm³/mol. The average Bonchev–Trinajstić information content (AvgIpc) is 3.07. The van der Waals surface area contributed by atoms with Gasteiger partial charge in [-0.1, -0.05) is 5.16 Å². The second-order valence-electron chi connectivity index (χ2n) is 5.32. The van der Waals surface area contributed by atoms with Crippen molar-refractivity contribution in [3.05, 3.63) is 18.0 Å². The molecule has 0 radical (unpaired) electrons. The zero-order chi connectivity index (χ0) is 16.5. The lowest BCUT2D eigenvalue weighted by atomic mass is 10.3. The maximum Gasteiger partial charge on any atom is 0.307 e. The van der Waals surface area contributed by atoms with Gasteiger partial charge in [0.05, 0.1) is 25.8 Å².